The van der Waals surface area contributed by atoms with Crippen molar-refractivity contribution in [1.29, 1.82) is 0 Å². The van der Waals surface area contributed by atoms with Crippen LogP contribution >= 0.6 is 0 Å². The monoisotopic (exact) mass is 282 g/mol. The first-order valence-electron chi connectivity index (χ1n) is 7.57. The van der Waals surface area contributed by atoms with Gasteiger partial charge in [0.2, 0.25) is 0 Å². The van der Waals surface area contributed by atoms with E-state index in [1.54, 1.807) is 0 Å². The third-order valence-corrected chi connectivity index (χ3v) is 3.99. The van der Waals surface area contributed by atoms with Crippen molar-refractivity contribution in [2.45, 2.75) is 57.9 Å². The maximum Gasteiger partial charge on any atom is 0.326 e. The Labute approximate surface area is 120 Å². The Bertz CT molecular complexity index is 355. The summed E-state index contributed by atoms with van der Waals surface area (Å²) in [6.45, 7) is 5.62. The number of carbonyl (C=O) groups excluding carboxylic acids is 1. The van der Waals surface area contributed by atoms with Crippen LogP contribution in [0.15, 0.2) is 5.11 Å². The summed E-state index contributed by atoms with van der Waals surface area (Å²) in [4.78, 5) is 15.1. The Morgan fingerprint density at radius 1 is 1.50 bits per heavy atom. The standard InChI is InChI=1S/C14H26N4O2/c1-3-20-13(19)14(16-10-5-11-17-18-15)8-4-6-12(2)7-9-14/h12,16H,3-11H2,1-2H3. The van der Waals surface area contributed by atoms with Crippen LogP contribution in [-0.4, -0.2) is 31.2 Å². The van der Waals surface area contributed by atoms with E-state index in [2.05, 4.69) is 22.3 Å². The second kappa shape index (κ2) is 8.82. The lowest BCUT2D eigenvalue weighted by Gasteiger charge is -2.31. The zero-order valence-corrected chi connectivity index (χ0v) is 12.6. The van der Waals surface area contributed by atoms with Crippen molar-refractivity contribution in [3.63, 3.8) is 0 Å². The molecule has 0 heterocycles. The zero-order valence-electron chi connectivity index (χ0n) is 12.6. The molecule has 6 nitrogen and oxygen atoms in total. The van der Waals surface area contributed by atoms with Crippen molar-refractivity contribution in [3.8, 4) is 0 Å². The summed E-state index contributed by atoms with van der Waals surface area (Å²) in [6.07, 6.45) is 5.65. The van der Waals surface area contributed by atoms with Gasteiger partial charge in [0.1, 0.15) is 5.54 Å². The molecule has 0 saturated heterocycles. The van der Waals surface area contributed by atoms with Crippen LogP contribution in [0.2, 0.25) is 0 Å². The molecule has 1 aliphatic rings. The molecular weight excluding hydrogens is 256 g/mol. The minimum absolute atomic E-state index is 0.127. The van der Waals surface area contributed by atoms with Gasteiger partial charge in [0.25, 0.3) is 0 Å². The number of azide groups is 1. The number of esters is 1. The summed E-state index contributed by atoms with van der Waals surface area (Å²) in [5.74, 6) is 0.536. The van der Waals surface area contributed by atoms with Gasteiger partial charge in [0.15, 0.2) is 0 Å². The van der Waals surface area contributed by atoms with E-state index in [1.807, 2.05) is 6.92 Å². The number of hydrogen-bond donors (Lipinski definition) is 1. The highest BCUT2D eigenvalue weighted by atomic mass is 16.5. The van der Waals surface area contributed by atoms with Crippen molar-refractivity contribution < 1.29 is 9.53 Å². The molecule has 2 atom stereocenters. The second-order valence-corrected chi connectivity index (χ2v) is 5.57. The van der Waals surface area contributed by atoms with E-state index in [-0.39, 0.29) is 5.97 Å². The summed E-state index contributed by atoms with van der Waals surface area (Å²) in [5.41, 5.74) is 7.71. The molecule has 0 aliphatic heterocycles. The molecule has 1 saturated carbocycles. The summed E-state index contributed by atoms with van der Waals surface area (Å²) < 4.78 is 5.27. The topological polar surface area (TPSA) is 87.1 Å². The molecule has 1 rings (SSSR count). The number of nitrogens with zero attached hydrogens (tertiary/aromatic N) is 3. The number of rotatable bonds is 7. The maximum atomic E-state index is 12.3. The van der Waals surface area contributed by atoms with E-state index in [1.165, 1.54) is 6.42 Å². The van der Waals surface area contributed by atoms with E-state index in [0.717, 1.165) is 32.1 Å². The third kappa shape index (κ3) is 5.02. The van der Waals surface area contributed by atoms with Gasteiger partial charge in [-0.05, 0) is 50.6 Å². The average Bonchev–Trinajstić information content (AvgIpc) is 2.62. The SMILES string of the molecule is CCOC(=O)C1(NCCCN=[N+]=[N-])CCCC(C)CC1. The fraction of sp³-hybridized carbons (Fsp3) is 0.929. The normalized spacial score (nSPS) is 26.4. The van der Waals surface area contributed by atoms with Crippen LogP contribution < -0.4 is 5.32 Å². The average molecular weight is 282 g/mol. The van der Waals surface area contributed by atoms with Gasteiger partial charge in [-0.15, -0.1) is 0 Å². The number of ether oxygens (including phenoxy) is 1. The van der Waals surface area contributed by atoms with E-state index < -0.39 is 5.54 Å². The molecular formula is C14H26N4O2. The lowest BCUT2D eigenvalue weighted by Crippen LogP contribution is -2.53. The molecule has 6 heteroatoms. The highest BCUT2D eigenvalue weighted by Gasteiger charge is 2.40. The number of carbonyl (C=O) groups is 1. The summed E-state index contributed by atoms with van der Waals surface area (Å²) in [7, 11) is 0. The number of nitrogens with one attached hydrogen (secondary N) is 1. The first-order valence-corrected chi connectivity index (χ1v) is 7.57. The molecule has 0 radical (unpaired) electrons. The van der Waals surface area contributed by atoms with Gasteiger partial charge >= 0.3 is 5.97 Å². The van der Waals surface area contributed by atoms with Crippen LogP contribution in [0.4, 0.5) is 0 Å². The summed E-state index contributed by atoms with van der Waals surface area (Å²) >= 11 is 0. The van der Waals surface area contributed by atoms with Gasteiger partial charge < -0.3 is 10.1 Å². The predicted molar refractivity (Wildman–Crippen MR) is 78.2 cm³/mol. The van der Waals surface area contributed by atoms with Crippen LogP contribution in [0.5, 0.6) is 0 Å². The Morgan fingerprint density at radius 2 is 2.30 bits per heavy atom. The fourth-order valence-electron chi connectivity index (χ4n) is 2.76. The smallest absolute Gasteiger partial charge is 0.326 e. The van der Waals surface area contributed by atoms with Gasteiger partial charge in [0.05, 0.1) is 6.61 Å². The van der Waals surface area contributed by atoms with Crippen LogP contribution in [0, 0.1) is 5.92 Å². The molecule has 1 aliphatic carbocycles. The Balaban J connectivity index is 2.63. The van der Waals surface area contributed by atoms with Crippen molar-refractivity contribution in [1.82, 2.24) is 5.32 Å². The van der Waals surface area contributed by atoms with Crippen molar-refractivity contribution in [3.05, 3.63) is 10.4 Å². The third-order valence-electron chi connectivity index (χ3n) is 3.99. The molecule has 1 N–H and O–H groups in total. The van der Waals surface area contributed by atoms with Crippen molar-refractivity contribution in [2.75, 3.05) is 19.7 Å². The highest BCUT2D eigenvalue weighted by molar-refractivity contribution is 5.80. The van der Waals surface area contributed by atoms with Crippen molar-refractivity contribution in [2.24, 2.45) is 11.0 Å². The Morgan fingerprint density at radius 3 is 3.00 bits per heavy atom. The van der Waals surface area contributed by atoms with Crippen LogP contribution in [0.25, 0.3) is 10.4 Å². The number of hydrogen-bond acceptors (Lipinski definition) is 4. The molecule has 0 amide bonds. The molecule has 20 heavy (non-hydrogen) atoms. The minimum atomic E-state index is -0.545. The first-order chi connectivity index (χ1) is 9.64. The van der Waals surface area contributed by atoms with E-state index >= 15 is 0 Å². The minimum Gasteiger partial charge on any atom is -0.465 e. The Hall–Kier alpha value is -1.26. The first kappa shape index (κ1) is 16.8. The summed E-state index contributed by atoms with van der Waals surface area (Å²) in [5, 5.41) is 6.89. The van der Waals surface area contributed by atoms with Gasteiger partial charge in [-0.25, -0.2) is 0 Å². The van der Waals surface area contributed by atoms with Crippen LogP contribution in [-0.2, 0) is 9.53 Å². The molecule has 114 valence electrons. The summed E-state index contributed by atoms with van der Waals surface area (Å²) in [6, 6.07) is 0. The van der Waals surface area contributed by atoms with Crippen LogP contribution in [0.1, 0.15) is 52.4 Å². The predicted octanol–water partition coefficient (Wildman–Crippen LogP) is 3.18. The van der Waals surface area contributed by atoms with Gasteiger partial charge in [-0.1, -0.05) is 24.9 Å². The quantitative estimate of drug-likeness (QED) is 0.194. The van der Waals surface area contributed by atoms with Gasteiger partial charge in [-0.2, -0.15) is 0 Å². The Kier molecular flexibility index (Phi) is 7.41. The molecule has 1 fully saturated rings. The van der Waals surface area contributed by atoms with Gasteiger partial charge in [-0.3, -0.25) is 4.79 Å². The molecule has 0 aromatic heterocycles. The lowest BCUT2D eigenvalue weighted by molar-refractivity contribution is -0.152. The molecule has 0 spiro atoms. The van der Waals surface area contributed by atoms with Crippen LogP contribution in [0.3, 0.4) is 0 Å². The fourth-order valence-corrected chi connectivity index (χ4v) is 2.76. The zero-order chi connectivity index (χ0) is 14.8. The van der Waals surface area contributed by atoms with Gasteiger partial charge in [0, 0.05) is 11.5 Å². The van der Waals surface area contributed by atoms with E-state index in [4.69, 9.17) is 10.3 Å². The molecule has 0 bridgehead atoms. The maximum absolute atomic E-state index is 12.3. The molecule has 0 aromatic rings. The highest BCUT2D eigenvalue weighted by Crippen LogP contribution is 2.31. The van der Waals surface area contributed by atoms with E-state index in [0.29, 0.717) is 25.6 Å². The molecule has 0 aromatic carbocycles. The largest absolute Gasteiger partial charge is 0.465 e. The molecule has 2 unspecified atom stereocenters. The second-order valence-electron chi connectivity index (χ2n) is 5.57. The van der Waals surface area contributed by atoms with E-state index in [9.17, 15) is 4.79 Å². The van der Waals surface area contributed by atoms with Crippen molar-refractivity contribution >= 4 is 5.97 Å². The lowest BCUT2D eigenvalue weighted by atomic mass is 9.89.